The Morgan fingerprint density at radius 2 is 1.42 bits per heavy atom. The minimum absolute atomic E-state index is 0.000688. The first kappa shape index (κ1) is 28.1. The van der Waals surface area contributed by atoms with E-state index >= 15 is 0 Å². The van der Waals surface area contributed by atoms with Gasteiger partial charge in [0, 0.05) is 30.6 Å². The molecule has 0 spiro atoms. The number of hydrogen-bond acceptors (Lipinski definition) is 5. The molecule has 5 fully saturated rings. The molecule has 5 heteroatoms. The van der Waals surface area contributed by atoms with Crippen LogP contribution in [0.15, 0.2) is 0 Å². The molecule has 0 N–H and O–H groups in total. The predicted octanol–water partition coefficient (Wildman–Crippen LogP) is 7.15. The van der Waals surface area contributed by atoms with Gasteiger partial charge in [0.1, 0.15) is 11.9 Å². The molecular formula is C33H52O5. The fourth-order valence-electron chi connectivity index (χ4n) is 12.1. The second kappa shape index (κ2) is 9.06. The summed E-state index contributed by atoms with van der Waals surface area (Å²) in [5, 5.41) is 0. The Morgan fingerprint density at radius 3 is 2.05 bits per heavy atom. The third-order valence-corrected chi connectivity index (χ3v) is 13.9. The van der Waals surface area contributed by atoms with Crippen molar-refractivity contribution in [3.05, 3.63) is 0 Å². The predicted molar refractivity (Wildman–Crippen MR) is 147 cm³/mol. The molecule has 5 aliphatic carbocycles. The number of Topliss-reactive ketones (excluding diaryl/α,β-unsaturated/α-hetero) is 1. The van der Waals surface area contributed by atoms with Crippen molar-refractivity contribution in [2.45, 2.75) is 126 Å². The van der Waals surface area contributed by atoms with Gasteiger partial charge in [0.05, 0.1) is 6.61 Å². The quantitative estimate of drug-likeness (QED) is 0.362. The van der Waals surface area contributed by atoms with E-state index in [4.69, 9.17) is 9.47 Å². The van der Waals surface area contributed by atoms with Crippen LogP contribution in [0.1, 0.15) is 120 Å². The third kappa shape index (κ3) is 3.79. The highest BCUT2D eigenvalue weighted by Crippen LogP contribution is 2.77. The van der Waals surface area contributed by atoms with Crippen molar-refractivity contribution >= 4 is 17.7 Å². The van der Waals surface area contributed by atoms with Crippen LogP contribution in [0.2, 0.25) is 0 Å². The maximum Gasteiger partial charge on any atom is 0.302 e. The number of fused-ring (bicyclic) bond motifs is 7. The van der Waals surface area contributed by atoms with Crippen LogP contribution < -0.4 is 0 Å². The van der Waals surface area contributed by atoms with Gasteiger partial charge in [0.15, 0.2) is 0 Å². The van der Waals surface area contributed by atoms with Gasteiger partial charge >= 0.3 is 11.9 Å². The summed E-state index contributed by atoms with van der Waals surface area (Å²) in [7, 11) is 0. The SMILES string of the molecule is CC(=O)OC[C@@]12CC[C@H](C(C)=O)[C@@H]1[C@H]1CC[C@H]3[C@@]4(C)CC[C@@H](OC(C)=O)C(C)(C)[C@H]4CC[C@]3(C)[C@]1(C)CC2. The first-order valence-electron chi connectivity index (χ1n) is 15.4. The Morgan fingerprint density at radius 1 is 0.711 bits per heavy atom. The third-order valence-electron chi connectivity index (χ3n) is 13.9. The number of ether oxygens (including phenoxy) is 2. The smallest absolute Gasteiger partial charge is 0.302 e. The largest absolute Gasteiger partial charge is 0.465 e. The van der Waals surface area contributed by atoms with E-state index in [0.29, 0.717) is 36.1 Å². The maximum absolute atomic E-state index is 13.0. The number of hydrogen-bond donors (Lipinski definition) is 0. The van der Waals surface area contributed by atoms with Crippen LogP contribution >= 0.6 is 0 Å². The topological polar surface area (TPSA) is 69.7 Å². The van der Waals surface area contributed by atoms with Crippen molar-refractivity contribution in [1.82, 2.24) is 0 Å². The van der Waals surface area contributed by atoms with Crippen LogP contribution in [0.5, 0.6) is 0 Å². The summed E-state index contributed by atoms with van der Waals surface area (Å²) >= 11 is 0. The van der Waals surface area contributed by atoms with Gasteiger partial charge in [-0.05, 0) is 111 Å². The van der Waals surface area contributed by atoms with E-state index in [-0.39, 0.29) is 51.0 Å². The lowest BCUT2D eigenvalue weighted by Gasteiger charge is -2.73. The van der Waals surface area contributed by atoms with E-state index in [1.807, 2.05) is 0 Å². The Kier molecular flexibility index (Phi) is 6.71. The molecule has 0 aromatic carbocycles. The molecule has 38 heavy (non-hydrogen) atoms. The van der Waals surface area contributed by atoms with Crippen LogP contribution in [0, 0.1) is 56.7 Å². The number of rotatable bonds is 4. The Balaban J connectivity index is 1.49. The van der Waals surface area contributed by atoms with Crippen molar-refractivity contribution in [3.8, 4) is 0 Å². The van der Waals surface area contributed by atoms with Crippen LogP contribution in [0.3, 0.4) is 0 Å². The van der Waals surface area contributed by atoms with Gasteiger partial charge in [-0.2, -0.15) is 0 Å². The van der Waals surface area contributed by atoms with E-state index < -0.39 is 0 Å². The first-order chi connectivity index (χ1) is 17.6. The zero-order valence-electron chi connectivity index (χ0n) is 25.3. The fourth-order valence-corrected chi connectivity index (χ4v) is 12.1. The molecule has 0 unspecified atom stereocenters. The first-order valence-corrected chi connectivity index (χ1v) is 15.4. The Bertz CT molecular complexity index is 1000. The molecule has 0 bridgehead atoms. The van der Waals surface area contributed by atoms with Gasteiger partial charge < -0.3 is 9.47 Å². The minimum Gasteiger partial charge on any atom is -0.465 e. The summed E-state index contributed by atoms with van der Waals surface area (Å²) in [6.45, 7) is 17.8. The van der Waals surface area contributed by atoms with Crippen molar-refractivity contribution in [1.29, 1.82) is 0 Å². The lowest BCUT2D eigenvalue weighted by molar-refractivity contribution is -0.252. The fraction of sp³-hybridized carbons (Fsp3) is 0.909. The van der Waals surface area contributed by atoms with Crippen molar-refractivity contribution < 1.29 is 23.9 Å². The molecule has 5 nitrogen and oxygen atoms in total. The second-order valence-electron chi connectivity index (χ2n) is 15.6. The molecule has 0 saturated heterocycles. The van der Waals surface area contributed by atoms with Gasteiger partial charge in [-0.15, -0.1) is 0 Å². The van der Waals surface area contributed by atoms with Crippen molar-refractivity contribution in [2.75, 3.05) is 6.61 Å². The van der Waals surface area contributed by atoms with Crippen molar-refractivity contribution in [2.24, 2.45) is 56.7 Å². The summed E-state index contributed by atoms with van der Waals surface area (Å²) in [5.74, 6) is 2.05. The lowest BCUT2D eigenvalue weighted by atomic mass is 9.32. The van der Waals surface area contributed by atoms with Gasteiger partial charge in [-0.1, -0.05) is 34.6 Å². The molecule has 5 rings (SSSR count). The van der Waals surface area contributed by atoms with Gasteiger partial charge in [0.25, 0.3) is 0 Å². The average Bonchev–Trinajstić information content (AvgIpc) is 3.20. The van der Waals surface area contributed by atoms with Crippen LogP contribution in [-0.2, 0) is 23.9 Å². The lowest BCUT2D eigenvalue weighted by Crippen LogP contribution is -2.67. The number of ketones is 1. The van der Waals surface area contributed by atoms with Crippen LogP contribution in [0.4, 0.5) is 0 Å². The second-order valence-corrected chi connectivity index (χ2v) is 15.6. The molecule has 214 valence electrons. The highest BCUT2D eigenvalue weighted by atomic mass is 16.5. The highest BCUT2D eigenvalue weighted by molar-refractivity contribution is 5.79. The maximum atomic E-state index is 13.0. The molecule has 0 amide bonds. The molecule has 5 saturated carbocycles. The molecule has 0 aromatic rings. The van der Waals surface area contributed by atoms with E-state index in [2.05, 4.69) is 34.6 Å². The number of esters is 2. The van der Waals surface area contributed by atoms with Crippen molar-refractivity contribution in [3.63, 3.8) is 0 Å². The van der Waals surface area contributed by atoms with E-state index in [9.17, 15) is 14.4 Å². The normalized spacial score (nSPS) is 49.1. The van der Waals surface area contributed by atoms with Crippen LogP contribution in [0.25, 0.3) is 0 Å². The zero-order valence-corrected chi connectivity index (χ0v) is 25.3. The van der Waals surface area contributed by atoms with E-state index in [1.54, 1.807) is 13.8 Å². The highest BCUT2D eigenvalue weighted by Gasteiger charge is 2.71. The summed E-state index contributed by atoms with van der Waals surface area (Å²) in [6.07, 6.45) is 11.0. The molecule has 0 aliphatic heterocycles. The van der Waals surface area contributed by atoms with E-state index in [0.717, 1.165) is 38.5 Å². The summed E-state index contributed by atoms with van der Waals surface area (Å²) in [4.78, 5) is 36.8. The van der Waals surface area contributed by atoms with Gasteiger partial charge in [0.2, 0.25) is 0 Å². The molecule has 0 radical (unpaired) electrons. The summed E-state index contributed by atoms with van der Waals surface area (Å²) in [5.41, 5.74) is 0.532. The standard InChI is InChI=1S/C33H52O5/c1-20(34)23-11-16-33(19-37-21(2)35)18-17-31(7)24(28(23)33)9-10-26-30(6)14-13-27(38-22(3)36)29(4,5)25(30)12-15-32(26,31)8/h23-28H,9-19H2,1-8H3/t23-,24-,25-,26+,27-,28-,30+,31-,32+,33+/m1/s1. The number of carbonyl (C=O) groups is 3. The van der Waals surface area contributed by atoms with Gasteiger partial charge in [-0.25, -0.2) is 0 Å². The number of carbonyl (C=O) groups excluding carboxylic acids is 3. The van der Waals surface area contributed by atoms with E-state index in [1.165, 1.54) is 32.6 Å². The molecular weight excluding hydrogens is 476 g/mol. The molecule has 0 heterocycles. The zero-order chi connectivity index (χ0) is 27.9. The summed E-state index contributed by atoms with van der Waals surface area (Å²) < 4.78 is 11.6. The minimum atomic E-state index is -0.202. The summed E-state index contributed by atoms with van der Waals surface area (Å²) in [6, 6.07) is 0. The molecule has 5 aliphatic rings. The van der Waals surface area contributed by atoms with Crippen LogP contribution in [-0.4, -0.2) is 30.4 Å². The molecule has 0 aromatic heterocycles. The average molecular weight is 529 g/mol. The molecule has 10 atom stereocenters. The van der Waals surface area contributed by atoms with Gasteiger partial charge in [-0.3, -0.25) is 14.4 Å². The Labute approximate surface area is 230 Å². The Hall–Kier alpha value is -1.39. The monoisotopic (exact) mass is 528 g/mol.